The Hall–Kier alpha value is -0.0800. The van der Waals surface area contributed by atoms with Gasteiger partial charge in [-0.25, -0.2) is 0 Å². The van der Waals surface area contributed by atoms with E-state index in [1.807, 2.05) is 0 Å². The molecule has 20 heavy (non-hydrogen) atoms. The minimum absolute atomic E-state index is 0.858. The van der Waals surface area contributed by atoms with Crippen molar-refractivity contribution in [1.29, 1.82) is 0 Å². The summed E-state index contributed by atoms with van der Waals surface area (Å²) in [5.74, 6) is 4.14. The molecule has 5 rings (SSSR count). The van der Waals surface area contributed by atoms with Crippen LogP contribution >= 0.6 is 0 Å². The highest BCUT2D eigenvalue weighted by Crippen LogP contribution is 2.51. The van der Waals surface area contributed by atoms with E-state index in [9.17, 15) is 0 Å². The molecule has 0 radical (unpaired) electrons. The summed E-state index contributed by atoms with van der Waals surface area (Å²) < 4.78 is 0. The van der Waals surface area contributed by atoms with E-state index in [0.29, 0.717) is 0 Å². The third-order valence-corrected chi connectivity index (χ3v) is 7.68. The summed E-state index contributed by atoms with van der Waals surface area (Å²) in [6.45, 7) is 0. The first kappa shape index (κ1) is 12.5. The van der Waals surface area contributed by atoms with Gasteiger partial charge in [0.25, 0.3) is 0 Å². The molecule has 5 fully saturated rings. The maximum atomic E-state index is 4.05. The topological polar surface area (TPSA) is 24.1 Å². The third kappa shape index (κ3) is 1.76. The first-order valence-electron chi connectivity index (χ1n) is 9.42. The predicted octanol–water partition coefficient (Wildman–Crippen LogP) is 3.07. The van der Waals surface area contributed by atoms with Crippen LogP contribution in [0.15, 0.2) is 0 Å². The van der Waals surface area contributed by atoms with Crippen molar-refractivity contribution in [3.8, 4) is 0 Å². The summed E-state index contributed by atoms with van der Waals surface area (Å²) in [5, 5.41) is 8.10. The molecule has 2 heteroatoms. The molecule has 0 amide bonds. The fourth-order valence-corrected chi connectivity index (χ4v) is 6.90. The van der Waals surface area contributed by atoms with Gasteiger partial charge in [-0.05, 0) is 62.2 Å². The minimum Gasteiger partial charge on any atom is -0.311 e. The van der Waals surface area contributed by atoms with Crippen molar-refractivity contribution in [3.05, 3.63) is 0 Å². The molecule has 2 nitrogen and oxygen atoms in total. The number of fused-ring (bicyclic) bond motifs is 6. The van der Waals surface area contributed by atoms with Crippen molar-refractivity contribution in [2.75, 3.05) is 0 Å². The van der Waals surface area contributed by atoms with E-state index >= 15 is 0 Å². The highest BCUT2D eigenvalue weighted by atomic mass is 15.1. The van der Waals surface area contributed by atoms with Gasteiger partial charge in [0.05, 0.1) is 0 Å². The van der Waals surface area contributed by atoms with Gasteiger partial charge in [0.1, 0.15) is 0 Å². The largest absolute Gasteiger partial charge is 0.311 e. The van der Waals surface area contributed by atoms with E-state index in [0.717, 1.165) is 47.8 Å². The Labute approximate surface area is 123 Å². The van der Waals surface area contributed by atoms with Crippen LogP contribution in [-0.4, -0.2) is 24.2 Å². The average molecular weight is 274 g/mol. The van der Waals surface area contributed by atoms with E-state index in [2.05, 4.69) is 10.6 Å². The van der Waals surface area contributed by atoms with Crippen molar-refractivity contribution in [2.24, 2.45) is 23.7 Å². The van der Waals surface area contributed by atoms with Crippen LogP contribution in [0.25, 0.3) is 0 Å². The van der Waals surface area contributed by atoms with E-state index in [-0.39, 0.29) is 0 Å². The van der Waals surface area contributed by atoms with Gasteiger partial charge in [-0.3, -0.25) is 0 Å². The molecule has 2 N–H and O–H groups in total. The molecule has 0 aromatic carbocycles. The van der Waals surface area contributed by atoms with E-state index in [4.69, 9.17) is 0 Å². The van der Waals surface area contributed by atoms with Gasteiger partial charge >= 0.3 is 0 Å². The van der Waals surface area contributed by atoms with Crippen LogP contribution in [0.1, 0.15) is 64.2 Å². The molecule has 2 heterocycles. The summed E-state index contributed by atoms with van der Waals surface area (Å²) in [5.41, 5.74) is 0. The predicted molar refractivity (Wildman–Crippen MR) is 81.6 cm³/mol. The highest BCUT2D eigenvalue weighted by Gasteiger charge is 2.53. The lowest BCUT2D eigenvalue weighted by Crippen LogP contribution is -2.45. The zero-order chi connectivity index (χ0) is 13.1. The minimum atomic E-state index is 0.858. The van der Waals surface area contributed by atoms with Crippen molar-refractivity contribution >= 4 is 0 Å². The fraction of sp³-hybridized carbons (Fsp3) is 1.00. The van der Waals surface area contributed by atoms with Crippen LogP contribution in [0.3, 0.4) is 0 Å². The van der Waals surface area contributed by atoms with Crippen LogP contribution in [0.5, 0.6) is 0 Å². The lowest BCUT2D eigenvalue weighted by atomic mass is 9.65. The van der Waals surface area contributed by atoms with Crippen molar-refractivity contribution in [2.45, 2.75) is 88.4 Å². The zero-order valence-electron chi connectivity index (χ0n) is 12.7. The molecule has 3 saturated carbocycles. The van der Waals surface area contributed by atoms with Gasteiger partial charge in [0.15, 0.2) is 0 Å². The maximum Gasteiger partial charge on any atom is 0.0116 e. The second-order valence-corrected chi connectivity index (χ2v) is 8.46. The molecular weight excluding hydrogens is 244 g/mol. The zero-order valence-corrected chi connectivity index (χ0v) is 12.7. The number of hydrogen-bond donors (Lipinski definition) is 2. The molecule has 8 atom stereocenters. The monoisotopic (exact) mass is 274 g/mol. The second-order valence-electron chi connectivity index (χ2n) is 8.46. The Bertz CT molecular complexity index is 348. The Morgan fingerprint density at radius 2 is 0.950 bits per heavy atom. The lowest BCUT2D eigenvalue weighted by Gasteiger charge is -2.39. The van der Waals surface area contributed by atoms with Crippen molar-refractivity contribution in [1.82, 2.24) is 10.6 Å². The third-order valence-electron chi connectivity index (χ3n) is 7.68. The molecule has 112 valence electrons. The summed E-state index contributed by atoms with van der Waals surface area (Å²) in [6, 6.07) is 3.49. The van der Waals surface area contributed by atoms with Gasteiger partial charge in [-0.15, -0.1) is 0 Å². The lowest BCUT2D eigenvalue weighted by molar-refractivity contribution is 0.144. The standard InChI is InChI=1S/C18H30N2/c1-3-7-15-11(5-1)13-9-14-12-6-2-4-8-16(12)20-18(14)10-17(13)19-15/h11-20H,1-10H2. The molecule has 2 aliphatic heterocycles. The fourth-order valence-electron chi connectivity index (χ4n) is 6.90. The second kappa shape index (κ2) is 4.71. The van der Waals surface area contributed by atoms with Crippen molar-refractivity contribution < 1.29 is 0 Å². The maximum absolute atomic E-state index is 4.05. The molecule has 2 saturated heterocycles. The highest BCUT2D eigenvalue weighted by molar-refractivity contribution is 5.10. The molecule has 3 aliphatic carbocycles. The van der Waals surface area contributed by atoms with E-state index in [1.54, 1.807) is 6.42 Å². The van der Waals surface area contributed by atoms with Crippen molar-refractivity contribution in [3.63, 3.8) is 0 Å². The first-order chi connectivity index (χ1) is 9.90. The van der Waals surface area contributed by atoms with E-state index < -0.39 is 0 Å². The normalized spacial score (nSPS) is 57.6. The Kier molecular flexibility index (Phi) is 2.93. The van der Waals surface area contributed by atoms with Crippen LogP contribution in [-0.2, 0) is 0 Å². The Morgan fingerprint density at radius 3 is 1.50 bits per heavy atom. The Balaban J connectivity index is 1.37. The smallest absolute Gasteiger partial charge is 0.0116 e. The quantitative estimate of drug-likeness (QED) is 0.709. The van der Waals surface area contributed by atoms with Crippen LogP contribution in [0.2, 0.25) is 0 Å². The SMILES string of the molecule is C1CCC2C(C1)NC1CC3NC4CCCCC4C3CC12. The number of nitrogens with one attached hydrogen (secondary N) is 2. The van der Waals surface area contributed by atoms with E-state index in [1.165, 1.54) is 57.8 Å². The van der Waals surface area contributed by atoms with Gasteiger partial charge < -0.3 is 10.6 Å². The van der Waals surface area contributed by atoms with Gasteiger partial charge in [-0.2, -0.15) is 0 Å². The van der Waals surface area contributed by atoms with Crippen LogP contribution in [0, 0.1) is 23.7 Å². The number of rotatable bonds is 0. The molecule has 0 bridgehead atoms. The summed E-state index contributed by atoms with van der Waals surface area (Å²) >= 11 is 0. The van der Waals surface area contributed by atoms with Crippen LogP contribution in [0.4, 0.5) is 0 Å². The summed E-state index contributed by atoms with van der Waals surface area (Å²) in [6.07, 6.45) is 14.9. The Morgan fingerprint density at radius 1 is 0.450 bits per heavy atom. The van der Waals surface area contributed by atoms with Crippen LogP contribution < -0.4 is 10.6 Å². The summed E-state index contributed by atoms with van der Waals surface area (Å²) in [4.78, 5) is 0. The summed E-state index contributed by atoms with van der Waals surface area (Å²) in [7, 11) is 0. The average Bonchev–Trinajstić information content (AvgIpc) is 3.02. The molecule has 8 unspecified atom stereocenters. The molecule has 0 spiro atoms. The van der Waals surface area contributed by atoms with Gasteiger partial charge in [0, 0.05) is 24.2 Å². The molecule has 0 aromatic heterocycles. The van der Waals surface area contributed by atoms with Gasteiger partial charge in [0.2, 0.25) is 0 Å². The molecule has 0 aromatic rings. The van der Waals surface area contributed by atoms with Gasteiger partial charge in [-0.1, -0.05) is 25.7 Å². The molecular formula is C18H30N2. The molecule has 5 aliphatic rings. The first-order valence-corrected chi connectivity index (χ1v) is 9.42. The number of hydrogen-bond acceptors (Lipinski definition) is 2.